The highest BCUT2D eigenvalue weighted by Gasteiger charge is 2.29. The molecular weight excluding hydrogens is 232 g/mol. The van der Waals surface area contributed by atoms with Crippen LogP contribution in [0.4, 0.5) is 0 Å². The van der Waals surface area contributed by atoms with Crippen LogP contribution in [0.25, 0.3) is 0 Å². The summed E-state index contributed by atoms with van der Waals surface area (Å²) < 4.78 is 0. The average Bonchev–Trinajstić information content (AvgIpc) is 2.43. The lowest BCUT2D eigenvalue weighted by atomic mass is 9.75. The van der Waals surface area contributed by atoms with Crippen molar-refractivity contribution in [2.24, 2.45) is 17.3 Å². The van der Waals surface area contributed by atoms with Gasteiger partial charge >= 0.3 is 0 Å². The van der Waals surface area contributed by atoms with Gasteiger partial charge in [0.1, 0.15) is 0 Å². The monoisotopic (exact) mass is 266 g/mol. The van der Waals surface area contributed by atoms with Crippen molar-refractivity contribution >= 4 is 0 Å². The molecule has 2 unspecified atom stereocenters. The van der Waals surface area contributed by atoms with Gasteiger partial charge in [-0.25, -0.2) is 0 Å². The molecule has 0 spiro atoms. The molecule has 0 aliphatic heterocycles. The molecule has 1 aliphatic carbocycles. The van der Waals surface area contributed by atoms with Crippen LogP contribution in [0.1, 0.15) is 78.6 Å². The van der Waals surface area contributed by atoms with Crippen LogP contribution < -0.4 is 0 Å². The van der Waals surface area contributed by atoms with Crippen molar-refractivity contribution in [1.82, 2.24) is 0 Å². The third-order valence-corrected chi connectivity index (χ3v) is 4.99. The van der Waals surface area contributed by atoms with Crippen molar-refractivity contribution in [2.45, 2.75) is 84.7 Å². The third-order valence-electron chi connectivity index (χ3n) is 4.99. The molecule has 19 heavy (non-hydrogen) atoms. The van der Waals surface area contributed by atoms with Crippen molar-refractivity contribution in [2.75, 3.05) is 0 Å². The molecule has 1 fully saturated rings. The van der Waals surface area contributed by atoms with Gasteiger partial charge in [0, 0.05) is 0 Å². The van der Waals surface area contributed by atoms with Crippen LogP contribution in [0.3, 0.4) is 0 Å². The predicted molar refractivity (Wildman–Crippen MR) is 84.2 cm³/mol. The van der Waals surface area contributed by atoms with Gasteiger partial charge in [-0.05, 0) is 49.4 Å². The van der Waals surface area contributed by atoms with Gasteiger partial charge in [0.25, 0.3) is 0 Å². The number of aliphatic hydroxyl groups is 1. The van der Waals surface area contributed by atoms with E-state index in [2.05, 4.69) is 33.4 Å². The largest absolute Gasteiger partial charge is 0.393 e. The van der Waals surface area contributed by atoms with Gasteiger partial charge in [-0.2, -0.15) is 0 Å². The molecule has 1 rings (SSSR count). The second kappa shape index (κ2) is 8.09. The molecule has 0 aromatic heterocycles. The topological polar surface area (TPSA) is 20.2 Å². The number of hydrogen-bond acceptors (Lipinski definition) is 1. The third kappa shape index (κ3) is 5.69. The Kier molecular flexibility index (Phi) is 7.13. The Morgan fingerprint density at radius 1 is 1.21 bits per heavy atom. The van der Waals surface area contributed by atoms with Crippen molar-refractivity contribution in [3.8, 4) is 0 Å². The van der Waals surface area contributed by atoms with E-state index in [0.717, 1.165) is 12.8 Å². The van der Waals surface area contributed by atoms with E-state index in [1.165, 1.54) is 44.9 Å². The number of hydrogen-bond donors (Lipinski definition) is 1. The van der Waals surface area contributed by atoms with Gasteiger partial charge in [-0.15, -0.1) is 6.58 Å². The minimum absolute atomic E-state index is 0.0686. The van der Waals surface area contributed by atoms with Gasteiger partial charge < -0.3 is 5.11 Å². The normalized spacial score (nSPS) is 21.1. The number of rotatable bonds is 8. The molecule has 0 aromatic carbocycles. The summed E-state index contributed by atoms with van der Waals surface area (Å²) in [6, 6.07) is 0. The van der Waals surface area contributed by atoms with Crippen LogP contribution in [0, 0.1) is 17.3 Å². The number of allylic oxidation sites excluding steroid dienone is 1. The number of aliphatic hydroxyl groups excluding tert-OH is 1. The standard InChI is InChI=1S/C18H34O/c1-5-10-15(13-14-18(3,4)6-2)17(19)16-11-8-7-9-12-16/h6,15-17,19H,2,5,7-14H2,1,3-4H3. The van der Waals surface area contributed by atoms with Gasteiger partial charge in [0.2, 0.25) is 0 Å². The van der Waals surface area contributed by atoms with Crippen molar-refractivity contribution < 1.29 is 5.11 Å². The molecule has 1 nitrogen and oxygen atoms in total. The predicted octanol–water partition coefficient (Wildman–Crippen LogP) is 5.34. The molecule has 0 heterocycles. The van der Waals surface area contributed by atoms with E-state index in [4.69, 9.17) is 0 Å². The minimum Gasteiger partial charge on any atom is -0.393 e. The second-order valence-corrected chi connectivity index (χ2v) is 7.17. The maximum Gasteiger partial charge on any atom is 0.0596 e. The van der Waals surface area contributed by atoms with E-state index in [0.29, 0.717) is 11.8 Å². The quantitative estimate of drug-likeness (QED) is 0.588. The van der Waals surface area contributed by atoms with E-state index in [1.807, 2.05) is 0 Å². The zero-order valence-electron chi connectivity index (χ0n) is 13.3. The molecule has 0 aromatic rings. The highest BCUT2D eigenvalue weighted by atomic mass is 16.3. The smallest absolute Gasteiger partial charge is 0.0596 e. The Bertz CT molecular complexity index is 250. The molecule has 0 bridgehead atoms. The van der Waals surface area contributed by atoms with Crippen LogP contribution in [0.5, 0.6) is 0 Å². The SMILES string of the molecule is C=CC(C)(C)CCC(CCC)C(O)C1CCCCC1. The zero-order chi connectivity index (χ0) is 14.3. The molecule has 0 saturated heterocycles. The Morgan fingerprint density at radius 2 is 1.84 bits per heavy atom. The lowest BCUT2D eigenvalue weighted by Gasteiger charge is -2.33. The van der Waals surface area contributed by atoms with Crippen LogP contribution in [-0.4, -0.2) is 11.2 Å². The summed E-state index contributed by atoms with van der Waals surface area (Å²) in [6.07, 6.45) is 13.1. The summed E-state index contributed by atoms with van der Waals surface area (Å²) in [6.45, 7) is 10.7. The van der Waals surface area contributed by atoms with Gasteiger partial charge in [-0.3, -0.25) is 0 Å². The summed E-state index contributed by atoms with van der Waals surface area (Å²) in [7, 11) is 0. The van der Waals surface area contributed by atoms with E-state index >= 15 is 0 Å². The highest BCUT2D eigenvalue weighted by Crippen LogP contribution is 2.35. The summed E-state index contributed by atoms with van der Waals surface area (Å²) in [5.74, 6) is 1.06. The fourth-order valence-corrected chi connectivity index (χ4v) is 3.38. The van der Waals surface area contributed by atoms with Crippen LogP contribution in [0.15, 0.2) is 12.7 Å². The first-order valence-corrected chi connectivity index (χ1v) is 8.32. The van der Waals surface area contributed by atoms with Gasteiger partial charge in [0.05, 0.1) is 6.10 Å². The Morgan fingerprint density at radius 3 is 2.37 bits per heavy atom. The van der Waals surface area contributed by atoms with Crippen LogP contribution >= 0.6 is 0 Å². The van der Waals surface area contributed by atoms with E-state index < -0.39 is 0 Å². The minimum atomic E-state index is -0.0686. The van der Waals surface area contributed by atoms with Gasteiger partial charge in [0.15, 0.2) is 0 Å². The van der Waals surface area contributed by atoms with Crippen molar-refractivity contribution in [3.63, 3.8) is 0 Å². The Hall–Kier alpha value is -0.300. The Balaban J connectivity index is 2.52. The zero-order valence-corrected chi connectivity index (χ0v) is 13.3. The molecule has 0 radical (unpaired) electrons. The molecule has 2 atom stereocenters. The van der Waals surface area contributed by atoms with E-state index in [-0.39, 0.29) is 11.5 Å². The lowest BCUT2D eigenvalue weighted by Crippen LogP contribution is -2.31. The first-order valence-electron chi connectivity index (χ1n) is 8.32. The average molecular weight is 266 g/mol. The van der Waals surface area contributed by atoms with Crippen molar-refractivity contribution in [3.05, 3.63) is 12.7 Å². The first kappa shape index (κ1) is 16.8. The second-order valence-electron chi connectivity index (χ2n) is 7.17. The summed E-state index contributed by atoms with van der Waals surface area (Å²) in [5, 5.41) is 10.7. The first-order chi connectivity index (χ1) is 9.00. The maximum absolute atomic E-state index is 10.7. The summed E-state index contributed by atoms with van der Waals surface area (Å²) in [5.41, 5.74) is 0.207. The molecular formula is C18H34O. The van der Waals surface area contributed by atoms with E-state index in [9.17, 15) is 5.11 Å². The summed E-state index contributed by atoms with van der Waals surface area (Å²) in [4.78, 5) is 0. The molecule has 112 valence electrons. The molecule has 1 heteroatoms. The molecule has 1 saturated carbocycles. The Labute approximate surface area is 120 Å². The molecule has 0 amide bonds. The maximum atomic E-state index is 10.7. The lowest BCUT2D eigenvalue weighted by molar-refractivity contribution is 0.0227. The van der Waals surface area contributed by atoms with Gasteiger partial charge in [-0.1, -0.05) is 52.5 Å². The van der Waals surface area contributed by atoms with Crippen LogP contribution in [-0.2, 0) is 0 Å². The fourth-order valence-electron chi connectivity index (χ4n) is 3.38. The van der Waals surface area contributed by atoms with Crippen LogP contribution in [0.2, 0.25) is 0 Å². The fraction of sp³-hybridized carbons (Fsp3) is 0.889. The molecule has 1 N–H and O–H groups in total. The molecule has 1 aliphatic rings. The van der Waals surface area contributed by atoms with Crippen molar-refractivity contribution in [1.29, 1.82) is 0 Å². The summed E-state index contributed by atoms with van der Waals surface area (Å²) >= 11 is 0. The highest BCUT2D eigenvalue weighted by molar-refractivity contribution is 4.89. The van der Waals surface area contributed by atoms with E-state index in [1.54, 1.807) is 0 Å².